The van der Waals surface area contributed by atoms with Gasteiger partial charge in [0.05, 0.1) is 23.5 Å². The molecule has 0 bridgehead atoms. The molecule has 1 saturated heterocycles. The molecule has 1 fully saturated rings. The fraction of sp³-hybridized carbons (Fsp3) is 0.289. The number of carbonyl (C=O) groups excluding carboxylic acids is 1. The van der Waals surface area contributed by atoms with E-state index in [1.807, 2.05) is 90.3 Å². The number of aryl methyl sites for hydroxylation is 1. The zero-order chi connectivity index (χ0) is 35.6. The lowest BCUT2D eigenvalue weighted by Gasteiger charge is -2.41. The maximum Gasteiger partial charge on any atom is 0.273 e. The van der Waals surface area contributed by atoms with Crippen LogP contribution < -0.4 is 4.90 Å². The predicted molar refractivity (Wildman–Crippen MR) is 197 cm³/mol. The van der Waals surface area contributed by atoms with Crippen molar-refractivity contribution in [3.63, 3.8) is 0 Å². The summed E-state index contributed by atoms with van der Waals surface area (Å²) in [4.78, 5) is 20.8. The highest BCUT2D eigenvalue weighted by Crippen LogP contribution is 2.42. The molecule has 1 unspecified atom stereocenters. The number of hydrogen-bond acceptors (Lipinski definition) is 8. The lowest BCUT2D eigenvalue weighted by atomic mass is 9.83. The van der Waals surface area contributed by atoms with Crippen molar-refractivity contribution in [3.05, 3.63) is 124 Å². The largest absolute Gasteiger partial charge is 0.508 e. The molecule has 0 saturated carbocycles. The zero-order valence-electron chi connectivity index (χ0n) is 28.2. The minimum absolute atomic E-state index is 0.0814. The van der Waals surface area contributed by atoms with Crippen LogP contribution in [0.25, 0.3) is 10.9 Å². The van der Waals surface area contributed by atoms with Crippen LogP contribution in [-0.4, -0.2) is 91.7 Å². The Balaban J connectivity index is 1.55. The first kappa shape index (κ1) is 35.3. The summed E-state index contributed by atoms with van der Waals surface area (Å²) in [6, 6.07) is 29.0. The number of nitrogens with zero attached hydrogens (tertiary/aromatic N) is 4. The number of halogens is 1. The molecular weight excluding hydrogens is 676 g/mol. The van der Waals surface area contributed by atoms with E-state index in [1.165, 1.54) is 4.90 Å². The zero-order valence-corrected chi connectivity index (χ0v) is 29.8. The molecule has 12 heteroatoms. The van der Waals surface area contributed by atoms with Crippen molar-refractivity contribution < 1.29 is 27.6 Å². The van der Waals surface area contributed by atoms with Gasteiger partial charge in [0.15, 0.2) is 6.23 Å². The summed E-state index contributed by atoms with van der Waals surface area (Å²) in [5, 5.41) is 21.8. The number of aromatic hydroxyl groups is 2. The average molecular weight is 717 g/mol. The first-order chi connectivity index (χ1) is 23.9. The van der Waals surface area contributed by atoms with E-state index < -0.39 is 22.3 Å². The molecule has 0 radical (unpaired) electrons. The summed E-state index contributed by atoms with van der Waals surface area (Å²) in [5.41, 5.74) is 4.39. The summed E-state index contributed by atoms with van der Waals surface area (Å²) in [6.07, 6.45) is 0.599. The van der Waals surface area contributed by atoms with E-state index in [4.69, 9.17) is 15.8 Å². The molecule has 1 aliphatic heterocycles. The van der Waals surface area contributed by atoms with Crippen molar-refractivity contribution in [2.75, 3.05) is 51.4 Å². The molecule has 50 heavy (non-hydrogen) atoms. The van der Waals surface area contributed by atoms with E-state index in [9.17, 15) is 18.6 Å². The number of phenolic OH excluding ortho intramolecular Hbond substituents is 2. The van der Waals surface area contributed by atoms with Crippen LogP contribution in [0.4, 0.5) is 5.69 Å². The Labute approximate surface area is 297 Å². The van der Waals surface area contributed by atoms with Gasteiger partial charge in [-0.1, -0.05) is 66.2 Å². The van der Waals surface area contributed by atoms with Gasteiger partial charge < -0.3 is 29.5 Å². The second-order valence-corrected chi connectivity index (χ2v) is 14.9. The van der Waals surface area contributed by atoms with E-state index in [0.29, 0.717) is 23.8 Å². The lowest BCUT2D eigenvalue weighted by molar-refractivity contribution is 0.0190. The van der Waals surface area contributed by atoms with Gasteiger partial charge in [0.1, 0.15) is 17.2 Å². The highest BCUT2D eigenvalue weighted by Gasteiger charge is 2.39. The van der Waals surface area contributed by atoms with Gasteiger partial charge in [0.2, 0.25) is 0 Å². The van der Waals surface area contributed by atoms with Crippen LogP contribution >= 0.6 is 11.6 Å². The van der Waals surface area contributed by atoms with E-state index in [0.717, 1.165) is 52.5 Å². The van der Waals surface area contributed by atoms with Crippen LogP contribution in [0.5, 0.6) is 11.5 Å². The van der Waals surface area contributed by atoms with Crippen molar-refractivity contribution in [1.82, 2.24) is 14.4 Å². The summed E-state index contributed by atoms with van der Waals surface area (Å²) in [5.74, 6) is -0.638. The number of amides is 1. The molecule has 2 heterocycles. The molecule has 6 rings (SSSR count). The molecule has 1 aromatic heterocycles. The molecule has 1 atom stereocenters. The van der Waals surface area contributed by atoms with Gasteiger partial charge in [-0.2, -0.15) is 8.42 Å². The number of aromatic nitrogens is 1. The Morgan fingerprint density at radius 1 is 0.900 bits per heavy atom. The Morgan fingerprint density at radius 3 is 2.10 bits per heavy atom. The molecule has 1 amide bonds. The standard InChI is InChI=1S/C38H41ClN4O6S/c1-40(2)21-8-22-42-32-11-6-4-9-30(32)36(35(26-13-17-28(44)18-14-26)27-15-19-29(45)20-16-27)37(42)38(46)43-24-23-41(25-34(43)49-50(3,47)48)33-12-7-5-10-31(33)39/h4-7,9-20,34-35,44-45H,8,21-25H2,1-3H3. The molecule has 1 aliphatic rings. The minimum atomic E-state index is -3.98. The number of rotatable bonds is 11. The average Bonchev–Trinajstić information content (AvgIpc) is 3.39. The second-order valence-electron chi connectivity index (χ2n) is 12.9. The number of para-hydroxylation sites is 2. The number of piperazine rings is 1. The first-order valence-electron chi connectivity index (χ1n) is 16.4. The SMILES string of the molecule is CN(C)CCCn1c(C(=O)N2CCN(c3ccccc3Cl)CC2OS(C)(=O)=O)c(C(c2ccc(O)cc2)c2ccc(O)cc2)c2ccccc21. The van der Waals surface area contributed by atoms with Crippen molar-refractivity contribution >= 4 is 44.2 Å². The van der Waals surface area contributed by atoms with Gasteiger partial charge in [-0.05, 0) is 80.7 Å². The van der Waals surface area contributed by atoms with E-state index in [1.54, 1.807) is 30.3 Å². The van der Waals surface area contributed by atoms with Crippen LogP contribution in [0.15, 0.2) is 97.1 Å². The summed E-state index contributed by atoms with van der Waals surface area (Å²) < 4.78 is 33.1. The second kappa shape index (κ2) is 14.7. The Bertz CT molecular complexity index is 2040. The first-order valence-corrected chi connectivity index (χ1v) is 18.6. The Hall–Kier alpha value is -4.55. The number of carbonyl (C=O) groups is 1. The van der Waals surface area contributed by atoms with Crippen LogP contribution in [-0.2, 0) is 20.8 Å². The molecule has 10 nitrogen and oxygen atoms in total. The van der Waals surface area contributed by atoms with E-state index in [2.05, 4.69) is 4.90 Å². The number of benzene rings is 4. The van der Waals surface area contributed by atoms with Crippen LogP contribution in [0.3, 0.4) is 0 Å². The van der Waals surface area contributed by atoms with Crippen molar-refractivity contribution in [3.8, 4) is 11.5 Å². The molecule has 2 N–H and O–H groups in total. The Morgan fingerprint density at radius 2 is 1.50 bits per heavy atom. The van der Waals surface area contributed by atoms with Gasteiger partial charge in [0.25, 0.3) is 16.0 Å². The quantitative estimate of drug-likeness (QED) is 0.158. The topological polar surface area (TPSA) is 116 Å². The molecule has 0 spiro atoms. The molecule has 4 aromatic carbocycles. The summed E-state index contributed by atoms with van der Waals surface area (Å²) >= 11 is 6.54. The smallest absolute Gasteiger partial charge is 0.273 e. The number of fused-ring (bicyclic) bond motifs is 1. The third-order valence-corrected chi connectivity index (χ3v) is 9.91. The van der Waals surface area contributed by atoms with Gasteiger partial charge in [-0.25, -0.2) is 4.18 Å². The molecular formula is C38H41ClN4O6S. The number of phenols is 2. The fourth-order valence-electron chi connectivity index (χ4n) is 6.82. The number of anilines is 1. The molecule has 5 aromatic rings. The van der Waals surface area contributed by atoms with Crippen LogP contribution in [0.2, 0.25) is 5.02 Å². The van der Waals surface area contributed by atoms with Crippen molar-refractivity contribution in [2.24, 2.45) is 0 Å². The minimum Gasteiger partial charge on any atom is -0.508 e. The van der Waals surface area contributed by atoms with Crippen LogP contribution in [0.1, 0.15) is 39.5 Å². The van der Waals surface area contributed by atoms with E-state index in [-0.39, 0.29) is 30.5 Å². The van der Waals surface area contributed by atoms with Gasteiger partial charge in [0, 0.05) is 42.0 Å². The van der Waals surface area contributed by atoms with E-state index >= 15 is 4.79 Å². The highest BCUT2D eigenvalue weighted by atomic mass is 35.5. The number of hydrogen-bond donors (Lipinski definition) is 2. The highest BCUT2D eigenvalue weighted by molar-refractivity contribution is 7.86. The van der Waals surface area contributed by atoms with Crippen molar-refractivity contribution in [2.45, 2.75) is 25.1 Å². The van der Waals surface area contributed by atoms with Gasteiger partial charge >= 0.3 is 0 Å². The third kappa shape index (κ3) is 7.61. The maximum absolute atomic E-state index is 15.3. The lowest BCUT2D eigenvalue weighted by Crippen LogP contribution is -2.57. The maximum atomic E-state index is 15.3. The Kier molecular flexibility index (Phi) is 10.4. The fourth-order valence-corrected chi connectivity index (χ4v) is 7.64. The van der Waals surface area contributed by atoms with Gasteiger partial charge in [-0.15, -0.1) is 0 Å². The molecule has 262 valence electrons. The predicted octanol–water partition coefficient (Wildman–Crippen LogP) is 6.10. The molecule has 0 aliphatic carbocycles. The normalized spacial score (nSPS) is 15.4. The monoisotopic (exact) mass is 716 g/mol. The summed E-state index contributed by atoms with van der Waals surface area (Å²) in [6.45, 7) is 1.96. The van der Waals surface area contributed by atoms with Gasteiger partial charge in [-0.3, -0.25) is 4.79 Å². The third-order valence-electron chi connectivity index (χ3n) is 9.02. The van der Waals surface area contributed by atoms with Crippen molar-refractivity contribution in [1.29, 1.82) is 0 Å². The van der Waals surface area contributed by atoms with Crippen LogP contribution in [0, 0.1) is 0 Å². The summed E-state index contributed by atoms with van der Waals surface area (Å²) in [7, 11) is 0.0246.